The van der Waals surface area contributed by atoms with Gasteiger partial charge in [0.15, 0.2) is 0 Å². The van der Waals surface area contributed by atoms with E-state index in [9.17, 15) is 48.3 Å². The number of carboxylic acids is 1. The van der Waals surface area contributed by atoms with Gasteiger partial charge in [-0.15, -0.1) is 0 Å². The Morgan fingerprint density at radius 3 is 2.10 bits per heavy atom. The average molecular weight is 898 g/mol. The number of carboxylic acid groups (broad SMARTS) is 1. The third-order valence-corrected chi connectivity index (χ3v) is 10.9. The predicted octanol–water partition coefficient (Wildman–Crippen LogP) is -0.692. The van der Waals surface area contributed by atoms with Crippen molar-refractivity contribution in [2.24, 2.45) is 11.5 Å². The van der Waals surface area contributed by atoms with Crippen molar-refractivity contribution >= 4 is 97.2 Å². The molecule has 3 aromatic rings. The zero-order valence-electron chi connectivity index (χ0n) is 34.2. The van der Waals surface area contributed by atoms with Gasteiger partial charge in [-0.1, -0.05) is 39.8 Å². The van der Waals surface area contributed by atoms with E-state index in [2.05, 4.69) is 36.9 Å². The predicted molar refractivity (Wildman–Crippen MR) is 233 cm³/mol. The number of aromatic nitrogens is 1. The second-order valence-corrected chi connectivity index (χ2v) is 16.5. The van der Waals surface area contributed by atoms with Gasteiger partial charge in [0, 0.05) is 47.1 Å². The van der Waals surface area contributed by atoms with Crippen LogP contribution in [0.1, 0.15) is 44.2 Å². The Bertz CT molecular complexity index is 2130. The van der Waals surface area contributed by atoms with Gasteiger partial charge in [-0.25, -0.2) is 0 Å². The number of amides is 8. The van der Waals surface area contributed by atoms with Crippen LogP contribution in [-0.4, -0.2) is 130 Å². The highest BCUT2D eigenvalue weighted by molar-refractivity contribution is 8.76. The highest BCUT2D eigenvalue weighted by Crippen LogP contribution is 2.20. The molecule has 0 saturated heterocycles. The molecular weight excluding hydrogens is 847 g/mol. The second-order valence-electron chi connectivity index (χ2n) is 13.8. The first kappa shape index (κ1) is 49.7. The largest absolute Gasteiger partial charge is 0.481 e. The van der Waals surface area contributed by atoms with Crippen LogP contribution in [0.25, 0.3) is 10.9 Å². The Labute approximate surface area is 364 Å². The lowest BCUT2D eigenvalue weighted by atomic mass is 10.1. The second kappa shape index (κ2) is 24.6. The smallest absolute Gasteiger partial charge is 0.305 e. The van der Waals surface area contributed by atoms with Crippen molar-refractivity contribution in [2.75, 3.05) is 37.0 Å². The summed E-state index contributed by atoms with van der Waals surface area (Å²) >= 11 is 0. The van der Waals surface area contributed by atoms with E-state index in [1.54, 1.807) is 6.20 Å². The number of rotatable bonds is 25. The molecular formula is C39H51N11O10S2. The van der Waals surface area contributed by atoms with Crippen molar-refractivity contribution < 1.29 is 48.3 Å². The van der Waals surface area contributed by atoms with Crippen LogP contribution in [0.5, 0.6) is 0 Å². The van der Waals surface area contributed by atoms with Crippen molar-refractivity contribution in [3.63, 3.8) is 0 Å². The van der Waals surface area contributed by atoms with Crippen LogP contribution in [0.2, 0.25) is 0 Å². The average Bonchev–Trinajstić information content (AvgIpc) is 3.64. The summed E-state index contributed by atoms with van der Waals surface area (Å²) in [5.74, 6) is -7.78. The van der Waals surface area contributed by atoms with Crippen LogP contribution < -0.4 is 43.4 Å². The van der Waals surface area contributed by atoms with Crippen molar-refractivity contribution in [1.29, 1.82) is 5.41 Å². The maximum Gasteiger partial charge on any atom is 0.305 e. The number of nitrogens with one attached hydrogen (secondary N) is 8. The van der Waals surface area contributed by atoms with E-state index in [4.69, 9.17) is 16.9 Å². The number of hydrogen-bond acceptors (Lipinski definition) is 12. The van der Waals surface area contributed by atoms with Crippen LogP contribution >= 0.6 is 21.6 Å². The molecule has 13 N–H and O–H groups in total. The number of nitrogens with two attached hydrogens (primary N) is 2. The quantitative estimate of drug-likeness (QED) is 0.0217. The number of aliphatic carboxylic acids is 1. The van der Waals surface area contributed by atoms with Gasteiger partial charge in [-0.05, 0) is 62.4 Å². The van der Waals surface area contributed by atoms with Crippen LogP contribution in [0, 0.1) is 5.41 Å². The van der Waals surface area contributed by atoms with E-state index in [-0.39, 0.29) is 25.2 Å². The van der Waals surface area contributed by atoms with E-state index in [0.717, 1.165) is 16.5 Å². The number of carbonyl (C=O) groups excluding carboxylic acids is 8. The lowest BCUT2D eigenvalue weighted by Gasteiger charge is -2.31. The first-order valence-corrected chi connectivity index (χ1v) is 21.8. The number of fused-ring (bicyclic) bond motifs is 1. The van der Waals surface area contributed by atoms with Gasteiger partial charge in [0.25, 0.3) is 0 Å². The van der Waals surface area contributed by atoms with Crippen LogP contribution in [0.4, 0.5) is 5.69 Å². The third kappa shape index (κ3) is 16.1. The highest BCUT2D eigenvalue weighted by Gasteiger charge is 2.33. The number of H-pyrrole nitrogens is 1. The van der Waals surface area contributed by atoms with Gasteiger partial charge in [0.1, 0.15) is 30.0 Å². The Morgan fingerprint density at radius 2 is 1.45 bits per heavy atom. The molecule has 0 aliphatic rings. The zero-order chi connectivity index (χ0) is 45.9. The molecule has 0 radical (unpaired) electrons. The highest BCUT2D eigenvalue weighted by atomic mass is 33.1. The number of carbonyl (C=O) groups is 9. The van der Waals surface area contributed by atoms with Gasteiger partial charge < -0.3 is 58.4 Å². The summed E-state index contributed by atoms with van der Waals surface area (Å²) in [4.78, 5) is 120. The zero-order valence-corrected chi connectivity index (χ0v) is 35.8. The molecule has 2 aromatic carbocycles. The first-order chi connectivity index (χ1) is 29.4. The first-order valence-electron chi connectivity index (χ1n) is 19.1. The Hall–Kier alpha value is -6.62. The number of primary amides is 1. The van der Waals surface area contributed by atoms with E-state index < -0.39 is 103 Å². The molecule has 62 heavy (non-hydrogen) atoms. The third-order valence-electron chi connectivity index (χ3n) is 9.10. The molecule has 1 aromatic heterocycles. The number of hydrogen-bond donors (Lipinski definition) is 11. The summed E-state index contributed by atoms with van der Waals surface area (Å²) in [6, 6.07) is 7.71. The molecule has 0 bridgehead atoms. The van der Waals surface area contributed by atoms with Crippen molar-refractivity contribution in [3.8, 4) is 0 Å². The number of nitrogen functional groups attached to an aromatic ring is 1. The molecule has 21 nitrogen and oxygen atoms in total. The Morgan fingerprint density at radius 1 is 0.806 bits per heavy atom. The Balaban J connectivity index is 1.69. The molecule has 1 heterocycles. The lowest BCUT2D eigenvalue weighted by Crippen LogP contribution is -2.58. The number of nitrogens with zero attached hydrogens (tertiary/aromatic N) is 1. The van der Waals surface area contributed by atoms with E-state index in [0.29, 0.717) is 17.0 Å². The molecule has 8 amide bonds. The van der Waals surface area contributed by atoms with Gasteiger partial charge >= 0.3 is 5.97 Å². The maximum absolute atomic E-state index is 13.9. The number of benzene rings is 2. The summed E-state index contributed by atoms with van der Waals surface area (Å²) < 4.78 is 0. The molecule has 23 heteroatoms. The molecule has 4 unspecified atom stereocenters. The van der Waals surface area contributed by atoms with Gasteiger partial charge in [-0.3, -0.25) is 48.6 Å². The lowest BCUT2D eigenvalue weighted by molar-refractivity contribution is -0.144. The maximum atomic E-state index is 13.9. The molecule has 0 fully saturated rings. The molecule has 3 rings (SSSR count). The van der Waals surface area contributed by atoms with Crippen molar-refractivity contribution in [3.05, 3.63) is 65.9 Å². The van der Waals surface area contributed by atoms with Crippen LogP contribution in [-0.2, 0) is 49.6 Å². The summed E-state index contributed by atoms with van der Waals surface area (Å²) in [6.45, 7) is 1.41. The molecule has 0 saturated carbocycles. The SMILES string of the molecule is CSSCCC(=O)NC(CC(=O)Nc1ccc(C(=N)N)cc1)C(=O)NCC(=O)NC(CC(=O)O)C(=O)NC(C)C(=O)N(CCc1c[nH]c2ccccc12)C(C)C(=O)NCC(N)=O. The van der Waals surface area contributed by atoms with Crippen LogP contribution in [0.15, 0.2) is 54.7 Å². The Kier molecular flexibility index (Phi) is 19.7. The number of anilines is 1. The molecule has 0 aliphatic heterocycles. The number of aromatic amines is 1. The number of amidine groups is 1. The summed E-state index contributed by atoms with van der Waals surface area (Å²) in [5.41, 5.74) is 13.0. The minimum absolute atomic E-state index is 0.0140. The van der Waals surface area contributed by atoms with Crippen LogP contribution in [0.3, 0.4) is 0 Å². The van der Waals surface area contributed by atoms with E-state index in [1.165, 1.54) is 64.6 Å². The summed E-state index contributed by atoms with van der Waals surface area (Å²) in [7, 11) is 2.83. The van der Waals surface area contributed by atoms with Gasteiger partial charge in [0.2, 0.25) is 47.3 Å². The number of para-hydroxylation sites is 1. The molecule has 0 spiro atoms. The van der Waals surface area contributed by atoms with E-state index >= 15 is 0 Å². The topological polar surface area (TPSA) is 341 Å². The van der Waals surface area contributed by atoms with Gasteiger partial charge in [0.05, 0.1) is 25.9 Å². The minimum Gasteiger partial charge on any atom is -0.481 e. The normalized spacial score (nSPS) is 12.7. The summed E-state index contributed by atoms with van der Waals surface area (Å²) in [6.07, 6.45) is 2.39. The molecule has 334 valence electrons. The fourth-order valence-electron chi connectivity index (χ4n) is 5.91. The summed E-state index contributed by atoms with van der Waals surface area (Å²) in [5, 5.41) is 32.3. The van der Waals surface area contributed by atoms with E-state index in [1.807, 2.05) is 30.5 Å². The molecule has 4 atom stereocenters. The monoisotopic (exact) mass is 897 g/mol. The fourth-order valence-corrected chi connectivity index (χ4v) is 7.09. The molecule has 0 aliphatic carbocycles. The van der Waals surface area contributed by atoms with Crippen molar-refractivity contribution in [2.45, 2.75) is 63.7 Å². The fraction of sp³-hybridized carbons (Fsp3) is 0.385. The van der Waals surface area contributed by atoms with Crippen molar-refractivity contribution in [1.82, 2.24) is 36.5 Å². The van der Waals surface area contributed by atoms with Gasteiger partial charge in [-0.2, -0.15) is 0 Å². The standard InChI is InChI=1S/C39H51N11O10S2/c1-21(39(60)50(22(2)36(57)44-19-30(40)51)14-12-24-18-43-27-7-5-4-6-26(24)27)46-38(59)29(17-34(55)56)49-33(54)20-45-37(58)28(48-31(52)13-15-62-61-3)16-32(53)47-25-10-8-23(9-11-25)35(41)42/h4-11,18,21-22,28-29,43H,12-17,19-20H2,1-3H3,(H2,40,51)(H3,41,42)(H,44,57)(H,45,58)(H,46,59)(H,47,53)(H,48,52)(H,49,54)(H,55,56). The minimum atomic E-state index is -1.74.